The van der Waals surface area contributed by atoms with Crippen LogP contribution in [-0.2, 0) is 9.53 Å². The van der Waals surface area contributed by atoms with Crippen LogP contribution in [0, 0.1) is 6.92 Å². The van der Waals surface area contributed by atoms with Crippen LogP contribution in [0.1, 0.15) is 16.1 Å². The van der Waals surface area contributed by atoms with E-state index in [0.717, 1.165) is 16.5 Å². The Labute approximate surface area is 114 Å². The van der Waals surface area contributed by atoms with Crippen molar-refractivity contribution in [2.45, 2.75) is 6.92 Å². The fraction of sp³-hybridized carbons (Fsp3) is 0.231. The molecule has 2 aromatic rings. The lowest BCUT2D eigenvalue weighted by Crippen LogP contribution is -2.15. The van der Waals surface area contributed by atoms with Crippen molar-refractivity contribution in [3.63, 3.8) is 0 Å². The first-order chi connectivity index (χ1) is 9.06. The minimum Gasteiger partial charge on any atom is -0.464 e. The summed E-state index contributed by atoms with van der Waals surface area (Å²) >= 11 is 5.48. The van der Waals surface area contributed by atoms with E-state index in [1.807, 2.05) is 25.1 Å². The van der Waals surface area contributed by atoms with Crippen molar-refractivity contribution in [1.29, 1.82) is 0 Å². The first-order valence-electron chi connectivity index (χ1n) is 5.63. The fourth-order valence-corrected chi connectivity index (χ4v) is 1.93. The molecule has 1 amide bonds. The van der Waals surface area contributed by atoms with Gasteiger partial charge in [-0.3, -0.25) is 4.79 Å². The number of H-pyrrole nitrogens is 1. The Morgan fingerprint density at radius 3 is 2.79 bits per heavy atom. The van der Waals surface area contributed by atoms with Gasteiger partial charge in [-0.2, -0.15) is 0 Å². The van der Waals surface area contributed by atoms with E-state index in [2.05, 4.69) is 10.3 Å². The number of aryl methyl sites for hydroxylation is 1. The minimum atomic E-state index is -0.543. The molecule has 0 aliphatic heterocycles. The molecule has 6 heteroatoms. The van der Waals surface area contributed by atoms with Crippen molar-refractivity contribution >= 4 is 40.1 Å². The molecule has 2 N–H and O–H groups in total. The highest BCUT2D eigenvalue weighted by atomic mass is 35.5. The maximum atomic E-state index is 11.7. The highest BCUT2D eigenvalue weighted by Crippen LogP contribution is 2.29. The Balaban J connectivity index is 2.62. The highest BCUT2D eigenvalue weighted by molar-refractivity contribution is 6.29. The Kier molecular flexibility index (Phi) is 3.76. The molecule has 19 heavy (non-hydrogen) atoms. The SMILES string of the molecule is COC(=O)c1[nH]c2ccc(C)cc2c1NC(=O)CCl. The fourth-order valence-electron chi connectivity index (χ4n) is 1.86. The number of alkyl halides is 1. The summed E-state index contributed by atoms with van der Waals surface area (Å²) in [5.74, 6) is -1.10. The molecule has 5 nitrogen and oxygen atoms in total. The number of hydrogen-bond donors (Lipinski definition) is 2. The van der Waals surface area contributed by atoms with Gasteiger partial charge in [-0.05, 0) is 19.1 Å². The Bertz CT molecular complexity index is 649. The summed E-state index contributed by atoms with van der Waals surface area (Å²) < 4.78 is 4.70. The van der Waals surface area contributed by atoms with Crippen molar-refractivity contribution in [2.24, 2.45) is 0 Å². The quantitative estimate of drug-likeness (QED) is 0.670. The number of amides is 1. The lowest BCUT2D eigenvalue weighted by molar-refractivity contribution is -0.113. The van der Waals surface area contributed by atoms with Gasteiger partial charge in [-0.25, -0.2) is 4.79 Å². The largest absolute Gasteiger partial charge is 0.464 e. The van der Waals surface area contributed by atoms with Gasteiger partial charge in [0.15, 0.2) is 0 Å². The molecular formula is C13H13ClN2O3. The number of nitrogens with one attached hydrogen (secondary N) is 2. The van der Waals surface area contributed by atoms with Crippen molar-refractivity contribution in [1.82, 2.24) is 4.98 Å². The van der Waals surface area contributed by atoms with Crippen LogP contribution in [0.4, 0.5) is 5.69 Å². The number of hydrogen-bond acceptors (Lipinski definition) is 3. The number of ether oxygens (including phenoxy) is 1. The number of aromatic nitrogens is 1. The van der Waals surface area contributed by atoms with Gasteiger partial charge in [-0.15, -0.1) is 11.6 Å². The van der Waals surface area contributed by atoms with E-state index in [4.69, 9.17) is 16.3 Å². The van der Waals surface area contributed by atoms with Crippen molar-refractivity contribution in [2.75, 3.05) is 18.3 Å². The average molecular weight is 281 g/mol. The Hall–Kier alpha value is -2.01. The third kappa shape index (κ3) is 2.56. The van der Waals surface area contributed by atoms with Crippen LogP contribution in [0.2, 0.25) is 0 Å². The number of fused-ring (bicyclic) bond motifs is 1. The van der Waals surface area contributed by atoms with Crippen LogP contribution in [0.15, 0.2) is 18.2 Å². The van der Waals surface area contributed by atoms with E-state index in [-0.39, 0.29) is 17.5 Å². The lowest BCUT2D eigenvalue weighted by Gasteiger charge is -2.04. The van der Waals surface area contributed by atoms with E-state index in [1.54, 1.807) is 0 Å². The lowest BCUT2D eigenvalue weighted by atomic mass is 10.1. The molecule has 0 bridgehead atoms. The number of benzene rings is 1. The van der Waals surface area contributed by atoms with Gasteiger partial charge >= 0.3 is 5.97 Å². The van der Waals surface area contributed by atoms with Gasteiger partial charge in [-0.1, -0.05) is 11.6 Å². The highest BCUT2D eigenvalue weighted by Gasteiger charge is 2.19. The third-order valence-corrected chi connectivity index (χ3v) is 2.97. The van der Waals surface area contributed by atoms with Crippen LogP contribution in [0.3, 0.4) is 0 Å². The maximum absolute atomic E-state index is 11.7. The minimum absolute atomic E-state index is 0.181. The third-order valence-electron chi connectivity index (χ3n) is 2.73. The zero-order chi connectivity index (χ0) is 14.0. The molecule has 1 heterocycles. The predicted molar refractivity (Wildman–Crippen MR) is 73.7 cm³/mol. The number of aromatic amines is 1. The van der Waals surface area contributed by atoms with E-state index in [9.17, 15) is 9.59 Å². The van der Waals surface area contributed by atoms with Gasteiger partial charge in [0.25, 0.3) is 0 Å². The molecule has 1 aromatic heterocycles. The molecule has 0 saturated heterocycles. The van der Waals surface area contributed by atoms with Crippen LogP contribution in [0.5, 0.6) is 0 Å². The Morgan fingerprint density at radius 2 is 2.16 bits per heavy atom. The summed E-state index contributed by atoms with van der Waals surface area (Å²) in [6.07, 6.45) is 0. The van der Waals surface area contributed by atoms with E-state index >= 15 is 0 Å². The molecule has 0 spiro atoms. The topological polar surface area (TPSA) is 71.2 Å². The van der Waals surface area contributed by atoms with Crippen LogP contribution >= 0.6 is 11.6 Å². The monoisotopic (exact) mass is 280 g/mol. The normalized spacial score (nSPS) is 10.5. The van der Waals surface area contributed by atoms with Crippen LogP contribution in [-0.4, -0.2) is 29.9 Å². The molecule has 2 rings (SSSR count). The van der Waals surface area contributed by atoms with Gasteiger partial charge in [0.1, 0.15) is 11.6 Å². The summed E-state index contributed by atoms with van der Waals surface area (Å²) in [4.78, 5) is 26.1. The number of carbonyl (C=O) groups excluding carboxylic acids is 2. The second kappa shape index (κ2) is 5.32. The summed E-state index contributed by atoms with van der Waals surface area (Å²) in [6, 6.07) is 5.63. The molecular weight excluding hydrogens is 268 g/mol. The molecule has 0 radical (unpaired) electrons. The number of carbonyl (C=O) groups is 2. The molecule has 0 unspecified atom stereocenters. The second-order valence-electron chi connectivity index (χ2n) is 4.10. The molecule has 0 saturated carbocycles. The summed E-state index contributed by atoms with van der Waals surface area (Å²) in [5, 5.41) is 3.37. The van der Waals surface area contributed by atoms with Gasteiger partial charge < -0.3 is 15.0 Å². The smallest absolute Gasteiger partial charge is 0.356 e. The number of anilines is 1. The summed E-state index contributed by atoms with van der Waals surface area (Å²) in [6.45, 7) is 1.93. The van der Waals surface area contributed by atoms with E-state index in [0.29, 0.717) is 5.69 Å². The molecule has 0 fully saturated rings. The van der Waals surface area contributed by atoms with Crippen LogP contribution in [0.25, 0.3) is 10.9 Å². The molecule has 0 atom stereocenters. The zero-order valence-electron chi connectivity index (χ0n) is 10.5. The first kappa shape index (κ1) is 13.4. The zero-order valence-corrected chi connectivity index (χ0v) is 11.3. The average Bonchev–Trinajstić information content (AvgIpc) is 2.76. The van der Waals surface area contributed by atoms with Gasteiger partial charge in [0.2, 0.25) is 5.91 Å². The Morgan fingerprint density at radius 1 is 1.42 bits per heavy atom. The standard InChI is InChI=1S/C13H13ClN2O3/c1-7-3-4-9-8(5-7)11(16-10(17)6-14)12(15-9)13(18)19-2/h3-5,15H,6H2,1-2H3,(H,16,17). The van der Waals surface area contributed by atoms with Crippen LogP contribution < -0.4 is 5.32 Å². The number of halogens is 1. The molecule has 0 aliphatic carbocycles. The maximum Gasteiger partial charge on any atom is 0.356 e. The van der Waals surface area contributed by atoms with E-state index in [1.165, 1.54) is 7.11 Å². The van der Waals surface area contributed by atoms with Gasteiger partial charge in [0.05, 0.1) is 12.8 Å². The summed E-state index contributed by atoms with van der Waals surface area (Å²) in [5.41, 5.74) is 2.37. The molecule has 100 valence electrons. The van der Waals surface area contributed by atoms with Crippen molar-refractivity contribution in [3.05, 3.63) is 29.5 Å². The second-order valence-corrected chi connectivity index (χ2v) is 4.36. The molecule has 1 aromatic carbocycles. The van der Waals surface area contributed by atoms with E-state index < -0.39 is 5.97 Å². The number of methoxy groups -OCH3 is 1. The number of rotatable bonds is 3. The van der Waals surface area contributed by atoms with Crippen molar-refractivity contribution in [3.8, 4) is 0 Å². The predicted octanol–water partition coefficient (Wildman–Crippen LogP) is 2.44. The van der Waals surface area contributed by atoms with Crippen molar-refractivity contribution < 1.29 is 14.3 Å². The summed E-state index contributed by atoms with van der Waals surface area (Å²) in [7, 11) is 1.28. The van der Waals surface area contributed by atoms with Gasteiger partial charge in [0, 0.05) is 10.9 Å². The first-order valence-corrected chi connectivity index (χ1v) is 6.16. The molecule has 0 aliphatic rings. The number of esters is 1.